The van der Waals surface area contributed by atoms with Crippen LogP contribution in [0.3, 0.4) is 0 Å². The maximum atomic E-state index is 12.7. The van der Waals surface area contributed by atoms with Crippen molar-refractivity contribution in [3.05, 3.63) is 0 Å². The lowest BCUT2D eigenvalue weighted by molar-refractivity contribution is -0.164. The molecule has 114 valence electrons. The number of hydrogen-bond acceptors (Lipinski definition) is 5. The molecule has 1 aliphatic rings. The van der Waals surface area contributed by atoms with Gasteiger partial charge in [-0.25, -0.2) is 4.79 Å². The Hall–Kier alpha value is -1.21. The SMILES string of the molecule is CCC(CC)(C(=O)N1CCOC(C(=O)OC)C1)C(N)=S. The fraction of sp³-hybridized carbons (Fsp3) is 0.769. The largest absolute Gasteiger partial charge is 0.467 e. The monoisotopic (exact) mass is 302 g/mol. The minimum absolute atomic E-state index is 0.132. The number of thiocarbonyl (C=S) groups is 1. The third-order valence-corrected chi connectivity index (χ3v) is 4.30. The van der Waals surface area contributed by atoms with Gasteiger partial charge in [-0.3, -0.25) is 4.79 Å². The van der Waals surface area contributed by atoms with Gasteiger partial charge in [0.15, 0.2) is 6.10 Å². The Bertz CT molecular complexity index is 396. The van der Waals surface area contributed by atoms with E-state index in [9.17, 15) is 9.59 Å². The van der Waals surface area contributed by atoms with E-state index in [1.54, 1.807) is 4.90 Å². The van der Waals surface area contributed by atoms with Crippen LogP contribution < -0.4 is 5.73 Å². The molecule has 2 N–H and O–H groups in total. The number of nitrogens with two attached hydrogens (primary N) is 1. The number of morpholine rings is 1. The lowest BCUT2D eigenvalue weighted by Crippen LogP contribution is -2.56. The van der Waals surface area contributed by atoms with Crippen molar-refractivity contribution in [1.29, 1.82) is 0 Å². The summed E-state index contributed by atoms with van der Waals surface area (Å²) in [7, 11) is 1.30. The zero-order valence-electron chi connectivity index (χ0n) is 12.2. The Morgan fingerprint density at radius 2 is 2.05 bits per heavy atom. The van der Waals surface area contributed by atoms with Crippen molar-refractivity contribution in [2.24, 2.45) is 11.1 Å². The normalized spacial score (nSPS) is 19.6. The Morgan fingerprint density at radius 1 is 1.45 bits per heavy atom. The zero-order chi connectivity index (χ0) is 15.3. The molecule has 1 heterocycles. The van der Waals surface area contributed by atoms with Gasteiger partial charge >= 0.3 is 5.97 Å². The van der Waals surface area contributed by atoms with Gasteiger partial charge in [0.25, 0.3) is 0 Å². The minimum atomic E-state index is -0.840. The molecule has 0 radical (unpaired) electrons. The summed E-state index contributed by atoms with van der Waals surface area (Å²) in [6.07, 6.45) is 0.339. The molecule has 0 aromatic carbocycles. The van der Waals surface area contributed by atoms with Crippen LogP contribution in [0.25, 0.3) is 0 Å². The van der Waals surface area contributed by atoms with Crippen LogP contribution in [0.5, 0.6) is 0 Å². The van der Waals surface area contributed by atoms with Crippen LogP contribution in [0.2, 0.25) is 0 Å². The highest BCUT2D eigenvalue weighted by molar-refractivity contribution is 7.80. The predicted molar refractivity (Wildman–Crippen MR) is 78.1 cm³/mol. The summed E-state index contributed by atoms with van der Waals surface area (Å²) in [5.74, 6) is -0.608. The van der Waals surface area contributed by atoms with Crippen molar-refractivity contribution in [2.75, 3.05) is 26.8 Å². The molecule has 1 saturated heterocycles. The zero-order valence-corrected chi connectivity index (χ0v) is 13.0. The molecule has 1 amide bonds. The molecule has 0 saturated carbocycles. The average molecular weight is 302 g/mol. The van der Waals surface area contributed by atoms with E-state index in [2.05, 4.69) is 4.74 Å². The second kappa shape index (κ2) is 6.99. The Morgan fingerprint density at radius 3 is 2.50 bits per heavy atom. The van der Waals surface area contributed by atoms with Crippen molar-refractivity contribution in [3.63, 3.8) is 0 Å². The highest BCUT2D eigenvalue weighted by Crippen LogP contribution is 2.30. The number of ether oxygens (including phenoxy) is 2. The van der Waals surface area contributed by atoms with E-state index >= 15 is 0 Å². The molecular formula is C13H22N2O4S. The van der Waals surface area contributed by atoms with Gasteiger partial charge in [0, 0.05) is 6.54 Å². The summed E-state index contributed by atoms with van der Waals surface area (Å²) in [6, 6.07) is 0. The van der Waals surface area contributed by atoms with E-state index in [0.29, 0.717) is 26.0 Å². The predicted octanol–water partition coefficient (Wildman–Crippen LogP) is 0.479. The molecule has 0 bridgehead atoms. The molecule has 1 fully saturated rings. The molecule has 1 unspecified atom stereocenters. The van der Waals surface area contributed by atoms with Crippen LogP contribution in [-0.2, 0) is 19.1 Å². The molecule has 1 aliphatic heterocycles. The fourth-order valence-electron chi connectivity index (χ4n) is 2.42. The summed E-state index contributed by atoms with van der Waals surface area (Å²) in [5.41, 5.74) is 4.94. The fourth-order valence-corrected chi connectivity index (χ4v) is 2.79. The van der Waals surface area contributed by atoms with Gasteiger partial charge < -0.3 is 20.1 Å². The van der Waals surface area contributed by atoms with Crippen molar-refractivity contribution in [3.8, 4) is 0 Å². The molecule has 1 rings (SSSR count). The van der Waals surface area contributed by atoms with Crippen LogP contribution in [0, 0.1) is 5.41 Å². The smallest absolute Gasteiger partial charge is 0.336 e. The summed E-state index contributed by atoms with van der Waals surface area (Å²) in [4.78, 5) is 26.0. The second-order valence-corrected chi connectivity index (χ2v) is 5.23. The van der Waals surface area contributed by atoms with Crippen LogP contribution in [-0.4, -0.2) is 54.7 Å². The average Bonchev–Trinajstić information content (AvgIpc) is 2.47. The molecule has 0 spiro atoms. The number of esters is 1. The molecular weight excluding hydrogens is 280 g/mol. The summed E-state index contributed by atoms with van der Waals surface area (Å²) in [5, 5.41) is 0. The summed E-state index contributed by atoms with van der Waals surface area (Å²) < 4.78 is 9.97. The third-order valence-electron chi connectivity index (χ3n) is 3.91. The second-order valence-electron chi connectivity index (χ2n) is 4.79. The highest BCUT2D eigenvalue weighted by atomic mass is 32.1. The Kier molecular flexibility index (Phi) is 5.88. The van der Waals surface area contributed by atoms with E-state index < -0.39 is 17.5 Å². The summed E-state index contributed by atoms with van der Waals surface area (Å²) in [6.45, 7) is 4.68. The van der Waals surface area contributed by atoms with Crippen LogP contribution >= 0.6 is 12.2 Å². The number of methoxy groups -OCH3 is 1. The van der Waals surface area contributed by atoms with Crippen molar-refractivity contribution in [2.45, 2.75) is 32.8 Å². The van der Waals surface area contributed by atoms with E-state index in [-0.39, 0.29) is 17.4 Å². The Balaban J connectivity index is 2.90. The molecule has 0 aromatic heterocycles. The van der Waals surface area contributed by atoms with Crippen molar-refractivity contribution >= 4 is 29.1 Å². The number of hydrogen-bond donors (Lipinski definition) is 1. The first kappa shape index (κ1) is 16.8. The third kappa shape index (κ3) is 3.09. The van der Waals surface area contributed by atoms with Gasteiger partial charge in [0.05, 0.1) is 30.7 Å². The minimum Gasteiger partial charge on any atom is -0.467 e. The van der Waals surface area contributed by atoms with Crippen LogP contribution in [0.4, 0.5) is 0 Å². The van der Waals surface area contributed by atoms with Gasteiger partial charge in [-0.1, -0.05) is 26.1 Å². The standard InChI is InChI=1S/C13H22N2O4S/c1-4-13(5-2,11(14)20)12(17)15-6-7-19-9(8-15)10(16)18-3/h9H,4-8H2,1-3H3,(H2,14,20). The van der Waals surface area contributed by atoms with E-state index in [1.807, 2.05) is 13.8 Å². The molecule has 0 aliphatic carbocycles. The molecule has 0 aromatic rings. The number of rotatable bonds is 5. The number of amides is 1. The molecule has 7 heteroatoms. The number of carbonyl (C=O) groups is 2. The Labute approximate surface area is 124 Å². The van der Waals surface area contributed by atoms with Gasteiger partial charge in [0.1, 0.15) is 0 Å². The lowest BCUT2D eigenvalue weighted by Gasteiger charge is -2.38. The van der Waals surface area contributed by atoms with Crippen LogP contribution in [0.15, 0.2) is 0 Å². The summed E-state index contributed by atoms with van der Waals surface area (Å²) >= 11 is 5.08. The van der Waals surface area contributed by atoms with Gasteiger partial charge in [0.2, 0.25) is 5.91 Å². The topological polar surface area (TPSA) is 81.9 Å². The van der Waals surface area contributed by atoms with E-state index in [0.717, 1.165) is 0 Å². The first-order valence-electron chi connectivity index (χ1n) is 6.71. The number of carbonyl (C=O) groups excluding carboxylic acids is 2. The van der Waals surface area contributed by atoms with Gasteiger partial charge in [-0.2, -0.15) is 0 Å². The van der Waals surface area contributed by atoms with Crippen LogP contribution in [0.1, 0.15) is 26.7 Å². The maximum Gasteiger partial charge on any atom is 0.336 e. The molecule has 20 heavy (non-hydrogen) atoms. The highest BCUT2D eigenvalue weighted by Gasteiger charge is 2.43. The van der Waals surface area contributed by atoms with Gasteiger partial charge in [-0.15, -0.1) is 0 Å². The van der Waals surface area contributed by atoms with Gasteiger partial charge in [-0.05, 0) is 12.8 Å². The van der Waals surface area contributed by atoms with E-state index in [4.69, 9.17) is 22.7 Å². The first-order valence-corrected chi connectivity index (χ1v) is 7.12. The van der Waals surface area contributed by atoms with Crippen molar-refractivity contribution < 1.29 is 19.1 Å². The van der Waals surface area contributed by atoms with Crippen molar-refractivity contribution in [1.82, 2.24) is 4.90 Å². The first-order chi connectivity index (χ1) is 9.42. The number of nitrogens with zero attached hydrogens (tertiary/aromatic N) is 1. The lowest BCUT2D eigenvalue weighted by atomic mass is 9.80. The molecule has 1 atom stereocenters. The quantitative estimate of drug-likeness (QED) is 0.587. The maximum absolute atomic E-state index is 12.7. The molecule has 6 nitrogen and oxygen atoms in total. The van der Waals surface area contributed by atoms with E-state index in [1.165, 1.54) is 7.11 Å².